The molecule has 192 valence electrons. The van der Waals surface area contributed by atoms with Gasteiger partial charge < -0.3 is 4.79 Å². The third-order valence-corrected chi connectivity index (χ3v) is 4.79. The zero-order chi connectivity index (χ0) is 25.8. The van der Waals surface area contributed by atoms with Crippen LogP contribution in [-0.2, 0) is 77.7 Å². The van der Waals surface area contributed by atoms with Crippen molar-refractivity contribution in [2.24, 2.45) is 0 Å². The van der Waals surface area contributed by atoms with Gasteiger partial charge in [-0.2, -0.15) is 42.1 Å². The first kappa shape index (κ1) is 31.0. The molecular formula is C6H12O21S5. The lowest BCUT2D eigenvalue weighted by atomic mass is 10.0. The second kappa shape index (κ2) is 11.0. The third kappa shape index (κ3) is 15.0. The first-order valence-corrected chi connectivity index (χ1v) is 13.4. The van der Waals surface area contributed by atoms with E-state index >= 15 is 0 Å². The van der Waals surface area contributed by atoms with Gasteiger partial charge in [-0.3, -0.25) is 22.8 Å². The SMILES string of the molecule is O=C[C@@H](OS(=O)(=O)O)[C@@H](OS(=O)(=O)O)[C@H](OS(=O)(=O)O)[C@@H](COS(=O)(=O)O)OS(=O)(=O)O. The van der Waals surface area contributed by atoms with Crippen molar-refractivity contribution in [1.82, 2.24) is 0 Å². The van der Waals surface area contributed by atoms with Gasteiger partial charge in [0, 0.05) is 0 Å². The van der Waals surface area contributed by atoms with Crippen LogP contribution in [0.15, 0.2) is 0 Å². The minimum absolute atomic E-state index is 0.766. The molecule has 32 heavy (non-hydrogen) atoms. The Bertz CT molecular complexity index is 1170. The average molecular weight is 580 g/mol. The van der Waals surface area contributed by atoms with Crippen LogP contribution in [0.25, 0.3) is 0 Å². The first-order chi connectivity index (χ1) is 13.9. The zero-order valence-electron chi connectivity index (χ0n) is 14.4. The summed E-state index contributed by atoms with van der Waals surface area (Å²) in [6.07, 6.45) is -13.5. The summed E-state index contributed by atoms with van der Waals surface area (Å²) in [6, 6.07) is 0. The molecule has 4 atom stereocenters. The summed E-state index contributed by atoms with van der Waals surface area (Å²) in [5, 5.41) is 0. The second-order valence-electron chi connectivity index (χ2n) is 4.88. The molecule has 0 aromatic carbocycles. The van der Waals surface area contributed by atoms with Gasteiger partial charge in [0.15, 0.2) is 12.4 Å². The molecule has 0 aliphatic carbocycles. The van der Waals surface area contributed by atoms with E-state index in [0.29, 0.717) is 0 Å². The molecule has 5 N–H and O–H groups in total. The van der Waals surface area contributed by atoms with E-state index in [1.165, 1.54) is 0 Å². The molecule has 0 fully saturated rings. The molecule has 26 heteroatoms. The molecule has 0 aliphatic rings. The zero-order valence-corrected chi connectivity index (χ0v) is 18.5. The van der Waals surface area contributed by atoms with Gasteiger partial charge in [0.25, 0.3) is 0 Å². The van der Waals surface area contributed by atoms with E-state index in [1.54, 1.807) is 0 Å². The van der Waals surface area contributed by atoms with Gasteiger partial charge in [-0.15, -0.1) is 0 Å². The fourth-order valence-corrected chi connectivity index (χ4v) is 3.92. The van der Waals surface area contributed by atoms with Crippen LogP contribution in [0.5, 0.6) is 0 Å². The Kier molecular flexibility index (Phi) is 10.6. The lowest BCUT2D eigenvalue weighted by Gasteiger charge is -2.31. The highest BCUT2D eigenvalue weighted by atomic mass is 32.3. The van der Waals surface area contributed by atoms with Gasteiger partial charge in [0.05, 0.1) is 6.61 Å². The molecule has 0 saturated carbocycles. The van der Waals surface area contributed by atoms with Gasteiger partial charge >= 0.3 is 52.0 Å². The van der Waals surface area contributed by atoms with Crippen molar-refractivity contribution in [1.29, 1.82) is 0 Å². The van der Waals surface area contributed by atoms with Crippen LogP contribution in [-0.4, -0.2) is 102 Å². The Labute approximate surface area is 179 Å². The van der Waals surface area contributed by atoms with E-state index in [9.17, 15) is 46.9 Å². The Morgan fingerprint density at radius 2 is 0.938 bits per heavy atom. The number of hydrogen-bond donors (Lipinski definition) is 5. The summed E-state index contributed by atoms with van der Waals surface area (Å²) in [4.78, 5) is 11.1. The maximum Gasteiger partial charge on any atom is 0.398 e. The van der Waals surface area contributed by atoms with Crippen LogP contribution in [0.3, 0.4) is 0 Å². The largest absolute Gasteiger partial charge is 0.398 e. The summed E-state index contributed by atoms with van der Waals surface area (Å²) < 4.78 is 171. The van der Waals surface area contributed by atoms with E-state index in [4.69, 9.17) is 22.8 Å². The summed E-state index contributed by atoms with van der Waals surface area (Å²) in [6.45, 7) is -1.96. The maximum atomic E-state index is 11.1. The number of hydrogen-bond acceptors (Lipinski definition) is 16. The molecule has 0 radical (unpaired) electrons. The monoisotopic (exact) mass is 580 g/mol. The van der Waals surface area contributed by atoms with Crippen molar-refractivity contribution in [3.63, 3.8) is 0 Å². The average Bonchev–Trinajstić information content (AvgIpc) is 2.48. The Morgan fingerprint density at radius 1 is 0.562 bits per heavy atom. The highest BCUT2D eigenvalue weighted by molar-refractivity contribution is 7.82. The van der Waals surface area contributed by atoms with E-state index in [0.717, 1.165) is 0 Å². The van der Waals surface area contributed by atoms with Gasteiger partial charge in [-0.25, -0.2) is 20.9 Å². The molecule has 0 amide bonds. The summed E-state index contributed by atoms with van der Waals surface area (Å²) >= 11 is 0. The molecule has 0 spiro atoms. The van der Waals surface area contributed by atoms with Crippen molar-refractivity contribution in [3.8, 4) is 0 Å². The molecular weight excluding hydrogens is 568 g/mol. The molecule has 0 saturated heterocycles. The number of aldehydes is 1. The number of carbonyl (C=O) groups excluding carboxylic acids is 1. The van der Waals surface area contributed by atoms with Crippen LogP contribution in [0.2, 0.25) is 0 Å². The molecule has 0 heterocycles. The number of carbonyl (C=O) groups is 1. The van der Waals surface area contributed by atoms with Gasteiger partial charge in [0.2, 0.25) is 0 Å². The standard InChI is InChI=1S/C6H12O21S5/c7-1-3(24-29(11,12)13)5(26-31(17,18)19)6(27-32(20,21)22)4(25-30(14,15)16)2-23-28(8,9)10/h1,3-6H,2H2,(H,8,9,10)(H,11,12,13)(H,14,15,16)(H,17,18,19)(H,20,21,22)/t3-,4-,5-,6-/m1/s1. The highest BCUT2D eigenvalue weighted by Crippen LogP contribution is 2.23. The van der Waals surface area contributed by atoms with Crippen LogP contribution in [0, 0.1) is 0 Å². The quantitative estimate of drug-likeness (QED) is 0.0903. The van der Waals surface area contributed by atoms with Crippen LogP contribution in [0.1, 0.15) is 0 Å². The van der Waals surface area contributed by atoms with Gasteiger partial charge in [-0.1, -0.05) is 0 Å². The Hall–Kier alpha value is -0.980. The molecule has 21 nitrogen and oxygen atoms in total. The van der Waals surface area contributed by atoms with Gasteiger partial charge in [0.1, 0.15) is 18.3 Å². The summed E-state index contributed by atoms with van der Waals surface area (Å²) in [7, 11) is -28.9. The van der Waals surface area contributed by atoms with E-state index < -0.39 is 89.3 Å². The van der Waals surface area contributed by atoms with Crippen molar-refractivity contribution in [2.45, 2.75) is 24.4 Å². The van der Waals surface area contributed by atoms with Crippen molar-refractivity contribution in [2.75, 3.05) is 6.61 Å². The predicted octanol–water partition coefficient (Wildman–Crippen LogP) is -4.24. The van der Waals surface area contributed by atoms with E-state index in [2.05, 4.69) is 20.9 Å². The lowest BCUT2D eigenvalue weighted by molar-refractivity contribution is -0.125. The minimum atomic E-state index is -5.93. The predicted molar refractivity (Wildman–Crippen MR) is 89.3 cm³/mol. The molecule has 0 bridgehead atoms. The lowest BCUT2D eigenvalue weighted by Crippen LogP contribution is -2.53. The van der Waals surface area contributed by atoms with Crippen molar-refractivity contribution in [3.05, 3.63) is 0 Å². The topological polar surface area (TPSA) is 335 Å². The maximum absolute atomic E-state index is 11.1. The highest BCUT2D eigenvalue weighted by Gasteiger charge is 2.46. The van der Waals surface area contributed by atoms with Crippen molar-refractivity contribution < 1.29 is 90.6 Å². The van der Waals surface area contributed by atoms with Crippen LogP contribution >= 0.6 is 0 Å². The Morgan fingerprint density at radius 3 is 1.25 bits per heavy atom. The summed E-state index contributed by atoms with van der Waals surface area (Å²) in [5.74, 6) is 0. The van der Waals surface area contributed by atoms with E-state index in [1.807, 2.05) is 0 Å². The van der Waals surface area contributed by atoms with Gasteiger partial charge in [-0.05, 0) is 0 Å². The fourth-order valence-electron chi connectivity index (χ4n) is 1.69. The minimum Gasteiger partial charge on any atom is -0.300 e. The molecule has 0 unspecified atom stereocenters. The molecule has 0 aromatic heterocycles. The smallest absolute Gasteiger partial charge is 0.300 e. The Balaban J connectivity index is 6.83. The second-order valence-corrected chi connectivity index (χ2v) is 10.2. The van der Waals surface area contributed by atoms with E-state index in [-0.39, 0.29) is 0 Å². The summed E-state index contributed by atoms with van der Waals surface area (Å²) in [5.41, 5.74) is 0. The molecule has 0 aromatic rings. The van der Waals surface area contributed by atoms with Crippen LogP contribution < -0.4 is 0 Å². The van der Waals surface area contributed by atoms with Crippen molar-refractivity contribution >= 4 is 58.3 Å². The third-order valence-electron chi connectivity index (χ3n) is 2.47. The van der Waals surface area contributed by atoms with Crippen LogP contribution in [0.4, 0.5) is 0 Å². The molecule has 0 rings (SSSR count). The normalized spacial score (nSPS) is 17.9. The fraction of sp³-hybridized carbons (Fsp3) is 0.833. The number of rotatable bonds is 15. The molecule has 0 aliphatic heterocycles. The first-order valence-electron chi connectivity index (χ1n) is 6.62.